The molecule has 4 rings (SSSR count). The maximum Gasteiger partial charge on any atom is 0.327 e. The Balaban J connectivity index is 1.84. The highest BCUT2D eigenvalue weighted by atomic mass is 32.1. The Kier molecular flexibility index (Phi) is 5.27. The van der Waals surface area contributed by atoms with Gasteiger partial charge in [-0.1, -0.05) is 37.6 Å². The Hall–Kier alpha value is -2.51. The van der Waals surface area contributed by atoms with Crippen LogP contribution in [-0.2, 0) is 19.1 Å². The van der Waals surface area contributed by atoms with Crippen molar-refractivity contribution in [2.45, 2.75) is 38.3 Å². The van der Waals surface area contributed by atoms with Gasteiger partial charge in [0.25, 0.3) is 0 Å². The molecule has 152 valence electrons. The number of benzene rings is 1. The van der Waals surface area contributed by atoms with Crippen molar-refractivity contribution in [3.8, 4) is 0 Å². The lowest BCUT2D eigenvalue weighted by molar-refractivity contribution is -0.155. The number of carbonyl (C=O) groups excluding carboxylic acids is 3. The minimum absolute atomic E-state index is 0.220. The van der Waals surface area contributed by atoms with Crippen LogP contribution in [0.5, 0.6) is 0 Å². The second-order valence-electron chi connectivity index (χ2n) is 7.43. The van der Waals surface area contributed by atoms with Crippen LogP contribution in [0.25, 0.3) is 0 Å². The van der Waals surface area contributed by atoms with Crippen molar-refractivity contribution in [2.75, 3.05) is 11.5 Å². The quantitative estimate of drug-likeness (QED) is 0.582. The number of rotatable bonds is 6. The minimum atomic E-state index is -1.21. The summed E-state index contributed by atoms with van der Waals surface area (Å²) in [6.45, 7) is 3.93. The van der Waals surface area contributed by atoms with Gasteiger partial charge in [0.1, 0.15) is 5.54 Å². The molecule has 0 spiro atoms. The average Bonchev–Trinajstić information content (AvgIpc) is 3.41. The Labute approximate surface area is 173 Å². The van der Waals surface area contributed by atoms with E-state index in [1.165, 1.54) is 16.2 Å². The van der Waals surface area contributed by atoms with Crippen molar-refractivity contribution in [2.24, 2.45) is 11.8 Å². The molecule has 0 saturated carbocycles. The standard InChI is InChI=1S/C22H24N2O4S/c1-3-12-22(21(27)28-4-2)17-16(18(23-22)15-11-8-13-29-15)19(25)24(20(17)26)14-9-6-5-7-10-14/h5-11,13,16-18,23H,3-4,12H2,1-2H3/t16-,17+,18-,22-/m0/s1. The molecular formula is C22H24N2O4S. The fraction of sp³-hybridized carbons (Fsp3) is 0.409. The van der Waals surface area contributed by atoms with Crippen molar-refractivity contribution >= 4 is 34.8 Å². The fourth-order valence-electron chi connectivity index (χ4n) is 4.72. The van der Waals surface area contributed by atoms with Gasteiger partial charge in [-0.15, -0.1) is 11.3 Å². The van der Waals surface area contributed by atoms with E-state index in [-0.39, 0.29) is 18.4 Å². The van der Waals surface area contributed by atoms with Gasteiger partial charge in [-0.05, 0) is 36.9 Å². The van der Waals surface area contributed by atoms with Gasteiger partial charge in [-0.2, -0.15) is 0 Å². The maximum atomic E-state index is 13.6. The number of thiophene rings is 1. The average molecular weight is 413 g/mol. The van der Waals surface area contributed by atoms with Gasteiger partial charge < -0.3 is 4.74 Å². The monoisotopic (exact) mass is 412 g/mol. The first-order valence-electron chi connectivity index (χ1n) is 9.96. The van der Waals surface area contributed by atoms with Crippen molar-refractivity contribution < 1.29 is 19.1 Å². The summed E-state index contributed by atoms with van der Waals surface area (Å²) in [6.07, 6.45) is 1.11. The van der Waals surface area contributed by atoms with Gasteiger partial charge >= 0.3 is 5.97 Å². The number of ether oxygens (including phenoxy) is 1. The van der Waals surface area contributed by atoms with E-state index in [2.05, 4.69) is 5.32 Å². The molecule has 3 heterocycles. The van der Waals surface area contributed by atoms with Crippen LogP contribution in [0.4, 0.5) is 5.69 Å². The van der Waals surface area contributed by atoms with E-state index in [0.717, 1.165) is 4.88 Å². The number of hydrogen-bond acceptors (Lipinski definition) is 6. The normalized spacial score (nSPS) is 28.6. The van der Waals surface area contributed by atoms with Crippen LogP contribution in [-0.4, -0.2) is 29.9 Å². The zero-order valence-corrected chi connectivity index (χ0v) is 17.3. The van der Waals surface area contributed by atoms with Gasteiger partial charge in [-0.3, -0.25) is 19.7 Å². The summed E-state index contributed by atoms with van der Waals surface area (Å²) in [4.78, 5) is 42.4. The number of nitrogens with one attached hydrogen (secondary N) is 1. The third-order valence-corrected chi connectivity index (χ3v) is 6.76. The molecule has 0 aliphatic carbocycles. The highest BCUT2D eigenvalue weighted by molar-refractivity contribution is 7.10. The molecule has 0 bridgehead atoms. The molecule has 29 heavy (non-hydrogen) atoms. The number of para-hydroxylation sites is 1. The van der Waals surface area contributed by atoms with E-state index < -0.39 is 29.4 Å². The van der Waals surface area contributed by atoms with Crippen LogP contribution in [0, 0.1) is 11.8 Å². The molecule has 6 nitrogen and oxygen atoms in total. The zero-order valence-electron chi connectivity index (χ0n) is 16.5. The van der Waals surface area contributed by atoms with Crippen LogP contribution in [0.3, 0.4) is 0 Å². The van der Waals surface area contributed by atoms with Crippen LogP contribution in [0.1, 0.15) is 37.6 Å². The molecule has 2 aliphatic rings. The number of hydrogen-bond donors (Lipinski definition) is 1. The summed E-state index contributed by atoms with van der Waals surface area (Å²) in [5.41, 5.74) is -0.670. The van der Waals surface area contributed by atoms with Gasteiger partial charge in [0.15, 0.2) is 0 Å². The lowest BCUT2D eigenvalue weighted by Gasteiger charge is -2.32. The number of amides is 2. The summed E-state index contributed by atoms with van der Waals surface area (Å²) < 4.78 is 5.40. The lowest BCUT2D eigenvalue weighted by Crippen LogP contribution is -2.56. The second-order valence-corrected chi connectivity index (χ2v) is 8.41. The maximum absolute atomic E-state index is 13.6. The predicted molar refractivity (Wildman–Crippen MR) is 110 cm³/mol. The number of imide groups is 1. The molecule has 2 fully saturated rings. The molecule has 0 unspecified atom stereocenters. The Morgan fingerprint density at radius 2 is 1.90 bits per heavy atom. The van der Waals surface area contributed by atoms with E-state index in [1.807, 2.05) is 30.5 Å². The first kappa shape index (κ1) is 19.8. The second kappa shape index (κ2) is 7.72. The molecule has 2 aliphatic heterocycles. The summed E-state index contributed by atoms with van der Waals surface area (Å²) in [6, 6.07) is 12.4. The third-order valence-electron chi connectivity index (χ3n) is 5.80. The number of nitrogens with zero attached hydrogens (tertiary/aromatic N) is 1. The van der Waals surface area contributed by atoms with Crippen LogP contribution in [0.15, 0.2) is 47.8 Å². The van der Waals surface area contributed by atoms with Gasteiger partial charge in [0.05, 0.1) is 30.2 Å². The SMILES string of the molecule is CCC[C@]1(C(=O)OCC)N[C@@H](c2cccs2)[C@H]2C(=O)N(c3ccccc3)C(=O)[C@@H]21. The number of anilines is 1. The smallest absolute Gasteiger partial charge is 0.327 e. The van der Waals surface area contributed by atoms with Gasteiger partial charge in [0, 0.05) is 4.88 Å². The van der Waals surface area contributed by atoms with E-state index in [4.69, 9.17) is 4.74 Å². The molecule has 1 N–H and O–H groups in total. The van der Waals surface area contributed by atoms with Crippen LogP contribution < -0.4 is 10.2 Å². The Bertz CT molecular complexity index is 914. The molecule has 4 atom stereocenters. The first-order chi connectivity index (χ1) is 14.0. The number of esters is 1. The van der Waals surface area contributed by atoms with E-state index >= 15 is 0 Å². The largest absolute Gasteiger partial charge is 0.465 e. The molecule has 1 aromatic heterocycles. The van der Waals surface area contributed by atoms with Crippen molar-refractivity contribution in [3.05, 3.63) is 52.7 Å². The summed E-state index contributed by atoms with van der Waals surface area (Å²) >= 11 is 1.52. The van der Waals surface area contributed by atoms with E-state index in [1.54, 1.807) is 31.2 Å². The fourth-order valence-corrected chi connectivity index (χ4v) is 5.54. The Morgan fingerprint density at radius 1 is 1.14 bits per heavy atom. The molecule has 2 amide bonds. The molecule has 2 saturated heterocycles. The predicted octanol–water partition coefficient (Wildman–Crippen LogP) is 3.30. The summed E-state index contributed by atoms with van der Waals surface area (Å²) in [7, 11) is 0. The Morgan fingerprint density at radius 3 is 2.52 bits per heavy atom. The molecular weight excluding hydrogens is 388 g/mol. The molecule has 0 radical (unpaired) electrons. The number of fused-ring (bicyclic) bond motifs is 1. The third kappa shape index (κ3) is 3.00. The number of carbonyl (C=O) groups is 3. The van der Waals surface area contributed by atoms with Crippen molar-refractivity contribution in [1.29, 1.82) is 0 Å². The van der Waals surface area contributed by atoms with E-state index in [9.17, 15) is 14.4 Å². The van der Waals surface area contributed by atoms with Crippen LogP contribution >= 0.6 is 11.3 Å². The lowest BCUT2D eigenvalue weighted by atomic mass is 9.77. The van der Waals surface area contributed by atoms with Crippen molar-refractivity contribution in [1.82, 2.24) is 5.32 Å². The minimum Gasteiger partial charge on any atom is -0.465 e. The van der Waals surface area contributed by atoms with Crippen LogP contribution in [0.2, 0.25) is 0 Å². The van der Waals surface area contributed by atoms with Crippen molar-refractivity contribution in [3.63, 3.8) is 0 Å². The topological polar surface area (TPSA) is 75.7 Å². The van der Waals surface area contributed by atoms with E-state index in [0.29, 0.717) is 18.5 Å². The van der Waals surface area contributed by atoms with Gasteiger partial charge in [0.2, 0.25) is 11.8 Å². The summed E-state index contributed by atoms with van der Waals surface area (Å²) in [5, 5.41) is 5.33. The van der Waals surface area contributed by atoms with Gasteiger partial charge in [-0.25, -0.2) is 4.90 Å². The highest BCUT2D eigenvalue weighted by Gasteiger charge is 2.68. The first-order valence-corrected chi connectivity index (χ1v) is 10.8. The summed E-state index contributed by atoms with van der Waals surface area (Å²) in [5.74, 6) is -2.48. The molecule has 7 heteroatoms. The highest BCUT2D eigenvalue weighted by Crippen LogP contribution is 2.52. The molecule has 2 aromatic rings. The zero-order chi connectivity index (χ0) is 20.6. The molecule has 1 aromatic carbocycles.